The number of nitrogens with zero attached hydrogens (tertiary/aromatic N) is 1. The number of hydrogen-bond acceptors (Lipinski definition) is 4. The molecule has 1 aromatic carbocycles. The monoisotopic (exact) mass is 439 g/mol. The Morgan fingerprint density at radius 3 is 2.17 bits per heavy atom. The summed E-state index contributed by atoms with van der Waals surface area (Å²) in [5.41, 5.74) is 7.65. The minimum absolute atomic E-state index is 0.753. The predicted octanol–water partition coefficient (Wildman–Crippen LogP) is 8.37. The van der Waals surface area contributed by atoms with E-state index >= 15 is 0 Å². The van der Waals surface area contributed by atoms with Gasteiger partial charge in [-0.3, -0.25) is 0 Å². The smallest absolute Gasteiger partial charge is 0.0635 e. The molecule has 0 aliphatic carbocycles. The quantitative estimate of drug-likeness (QED) is 0.288. The Morgan fingerprint density at radius 1 is 0.862 bits per heavy atom. The zero-order valence-electron chi connectivity index (χ0n) is 18.0. The molecule has 2 unspecified atom stereocenters. The number of fused-ring (bicyclic) bond motifs is 3. The largest absolute Gasteiger partial charge is 0.371 e. The van der Waals surface area contributed by atoms with Crippen LogP contribution in [0.1, 0.15) is 43.7 Å². The van der Waals surface area contributed by atoms with E-state index in [2.05, 4.69) is 49.3 Å². The molecule has 4 heteroatoms. The third-order valence-electron chi connectivity index (χ3n) is 6.08. The van der Waals surface area contributed by atoms with E-state index in [4.69, 9.17) is 0 Å². The molecule has 2 atom stereocenters. The topological polar surface area (TPSA) is 3.24 Å². The molecule has 0 bridgehead atoms. The molecule has 0 spiro atoms. The van der Waals surface area contributed by atoms with Crippen molar-refractivity contribution in [3.63, 3.8) is 0 Å². The summed E-state index contributed by atoms with van der Waals surface area (Å²) in [5, 5.41) is 2.40. The average molecular weight is 440 g/mol. The molecule has 0 saturated heterocycles. The number of benzene rings is 1. The molecular formula is C25H29NS3. The first-order chi connectivity index (χ1) is 14.1. The second-order valence-corrected chi connectivity index (χ2v) is 11.8. The van der Waals surface area contributed by atoms with Crippen LogP contribution in [0.5, 0.6) is 0 Å². The van der Waals surface area contributed by atoms with Crippen LogP contribution in [-0.2, 0) is 12.8 Å². The van der Waals surface area contributed by atoms with Crippen molar-refractivity contribution >= 4 is 58.5 Å². The molecule has 2 aliphatic heterocycles. The van der Waals surface area contributed by atoms with Gasteiger partial charge >= 0.3 is 0 Å². The highest BCUT2D eigenvalue weighted by Crippen LogP contribution is 2.48. The highest BCUT2D eigenvalue weighted by atomic mass is 32.1. The van der Waals surface area contributed by atoms with Gasteiger partial charge in [0, 0.05) is 39.3 Å². The lowest BCUT2D eigenvalue weighted by Crippen LogP contribution is -2.41. The van der Waals surface area contributed by atoms with E-state index < -0.39 is 0 Å². The Labute approximate surface area is 186 Å². The molecule has 0 N–H and O–H groups in total. The molecule has 1 nitrogen and oxygen atoms in total. The lowest BCUT2D eigenvalue weighted by Gasteiger charge is -2.42. The van der Waals surface area contributed by atoms with Gasteiger partial charge in [0.1, 0.15) is 0 Å². The molecular weight excluding hydrogens is 410 g/mol. The summed E-state index contributed by atoms with van der Waals surface area (Å²) in [4.78, 5) is 4.10. The first kappa shape index (κ1) is 19.6. The van der Waals surface area contributed by atoms with E-state index in [-0.39, 0.29) is 0 Å². The highest BCUT2D eigenvalue weighted by Gasteiger charge is 2.30. The van der Waals surface area contributed by atoms with Gasteiger partial charge in [-0.05, 0) is 66.5 Å². The van der Waals surface area contributed by atoms with Crippen LogP contribution in [-0.4, -0.2) is 13.1 Å². The SMILES string of the molecule is CC.Cc1cc2sc3c(-c4cc5c6c(c4)CC(C)CN6CC(C)C5)csc3c2s1. The van der Waals surface area contributed by atoms with Gasteiger partial charge in [0.05, 0.1) is 14.1 Å². The van der Waals surface area contributed by atoms with Gasteiger partial charge < -0.3 is 4.90 Å². The molecule has 0 radical (unpaired) electrons. The summed E-state index contributed by atoms with van der Waals surface area (Å²) >= 11 is 5.87. The predicted molar refractivity (Wildman–Crippen MR) is 135 cm³/mol. The van der Waals surface area contributed by atoms with E-state index in [1.807, 2.05) is 47.9 Å². The van der Waals surface area contributed by atoms with Crippen LogP contribution in [0.15, 0.2) is 23.6 Å². The molecule has 5 heterocycles. The van der Waals surface area contributed by atoms with Gasteiger partial charge in [-0.2, -0.15) is 0 Å². The van der Waals surface area contributed by atoms with Crippen LogP contribution >= 0.6 is 34.0 Å². The third kappa shape index (κ3) is 3.15. The fourth-order valence-corrected chi connectivity index (χ4v) is 9.14. The maximum absolute atomic E-state index is 2.67. The van der Waals surface area contributed by atoms with Crippen molar-refractivity contribution in [2.45, 2.75) is 47.5 Å². The summed E-state index contributed by atoms with van der Waals surface area (Å²) < 4.78 is 5.96. The van der Waals surface area contributed by atoms with Crippen molar-refractivity contribution in [3.05, 3.63) is 39.6 Å². The van der Waals surface area contributed by atoms with E-state index in [1.54, 1.807) is 16.8 Å². The van der Waals surface area contributed by atoms with Crippen molar-refractivity contribution in [1.29, 1.82) is 0 Å². The van der Waals surface area contributed by atoms with Gasteiger partial charge in [-0.1, -0.05) is 27.7 Å². The Balaban J connectivity index is 0.000000882. The second-order valence-electron chi connectivity index (χ2n) is 8.63. The minimum Gasteiger partial charge on any atom is -0.371 e. The number of thiophene rings is 3. The number of aryl methyl sites for hydroxylation is 1. The average Bonchev–Trinajstić information content (AvgIpc) is 3.33. The summed E-state index contributed by atoms with van der Waals surface area (Å²) in [6, 6.07) is 7.38. The van der Waals surface area contributed by atoms with Crippen molar-refractivity contribution in [1.82, 2.24) is 0 Å². The first-order valence-electron chi connectivity index (χ1n) is 10.9. The van der Waals surface area contributed by atoms with Crippen LogP contribution < -0.4 is 4.90 Å². The molecule has 4 aromatic rings. The van der Waals surface area contributed by atoms with Crippen molar-refractivity contribution < 1.29 is 0 Å². The summed E-state index contributed by atoms with van der Waals surface area (Å²) in [6.45, 7) is 13.5. The fraction of sp³-hybridized carbons (Fsp3) is 0.440. The fourth-order valence-electron chi connectivity index (χ4n) is 5.16. The lowest BCUT2D eigenvalue weighted by molar-refractivity contribution is 0.463. The van der Waals surface area contributed by atoms with E-state index in [1.165, 1.54) is 60.7 Å². The number of anilines is 1. The van der Waals surface area contributed by atoms with Gasteiger partial charge in [-0.25, -0.2) is 0 Å². The van der Waals surface area contributed by atoms with Gasteiger partial charge in [0.25, 0.3) is 0 Å². The normalized spacial score (nSPS) is 20.7. The molecule has 0 saturated carbocycles. The molecule has 6 rings (SSSR count). The van der Waals surface area contributed by atoms with E-state index in [0.29, 0.717) is 0 Å². The molecule has 0 fully saturated rings. The van der Waals surface area contributed by atoms with Crippen LogP contribution in [0.3, 0.4) is 0 Å². The first-order valence-corrected chi connectivity index (χ1v) is 13.4. The molecule has 2 aliphatic rings. The van der Waals surface area contributed by atoms with Gasteiger partial charge in [-0.15, -0.1) is 34.0 Å². The Hall–Kier alpha value is -1.36. The Morgan fingerprint density at radius 2 is 1.52 bits per heavy atom. The van der Waals surface area contributed by atoms with E-state index in [0.717, 1.165) is 11.8 Å². The van der Waals surface area contributed by atoms with Crippen molar-refractivity contribution in [3.8, 4) is 11.1 Å². The summed E-state index contributed by atoms with van der Waals surface area (Å²) in [5.74, 6) is 1.51. The minimum atomic E-state index is 0.753. The summed E-state index contributed by atoms with van der Waals surface area (Å²) in [6.07, 6.45) is 2.46. The number of hydrogen-bond donors (Lipinski definition) is 0. The lowest BCUT2D eigenvalue weighted by atomic mass is 9.83. The maximum atomic E-state index is 2.67. The zero-order chi connectivity index (χ0) is 20.3. The highest BCUT2D eigenvalue weighted by molar-refractivity contribution is 7.38. The van der Waals surface area contributed by atoms with Crippen LogP contribution in [0.4, 0.5) is 5.69 Å². The Kier molecular flexibility index (Phi) is 5.00. The van der Waals surface area contributed by atoms with Crippen LogP contribution in [0.25, 0.3) is 29.9 Å². The molecule has 3 aromatic heterocycles. The van der Waals surface area contributed by atoms with Gasteiger partial charge in [0.15, 0.2) is 0 Å². The molecule has 29 heavy (non-hydrogen) atoms. The second kappa shape index (κ2) is 7.40. The standard InChI is InChI=1S/C23H23NS3.C2H6/c1-12-4-16-7-15(8-17-5-13(2)10-24(9-12)20(16)17)18-11-25-23-21(18)27-19-6-14(3)26-22(19)23;1-2/h6-8,11-13H,4-5,9-10H2,1-3H3;1-2H3. The maximum Gasteiger partial charge on any atom is 0.0635 e. The summed E-state index contributed by atoms with van der Waals surface area (Å²) in [7, 11) is 0. The zero-order valence-corrected chi connectivity index (χ0v) is 20.4. The Bertz CT molecular complexity index is 1160. The van der Waals surface area contributed by atoms with Crippen LogP contribution in [0.2, 0.25) is 0 Å². The van der Waals surface area contributed by atoms with Crippen molar-refractivity contribution in [2.75, 3.05) is 18.0 Å². The molecule has 152 valence electrons. The molecule has 0 amide bonds. The van der Waals surface area contributed by atoms with E-state index in [9.17, 15) is 0 Å². The number of rotatable bonds is 1. The van der Waals surface area contributed by atoms with Crippen molar-refractivity contribution in [2.24, 2.45) is 11.8 Å². The van der Waals surface area contributed by atoms with Crippen LogP contribution in [0, 0.1) is 18.8 Å². The van der Waals surface area contributed by atoms with Gasteiger partial charge in [0.2, 0.25) is 0 Å². The third-order valence-corrected chi connectivity index (χ3v) is 9.70.